The molecule has 18 heavy (non-hydrogen) atoms. The molecule has 0 spiro atoms. The number of nitrogens with one attached hydrogen (secondary N) is 2. The molecule has 0 atom stereocenters. The van der Waals surface area contributed by atoms with Crippen LogP contribution < -0.4 is 10.6 Å². The average Bonchev–Trinajstić information content (AvgIpc) is 2.42. The molecule has 0 fully saturated rings. The fraction of sp³-hybridized carbons (Fsp3) is 0.0667. The molecule has 2 nitrogen and oxygen atoms in total. The molecule has 0 saturated heterocycles. The van der Waals surface area contributed by atoms with Crippen molar-refractivity contribution in [3.05, 3.63) is 71.9 Å². The molecule has 2 N–H and O–H groups in total. The van der Waals surface area contributed by atoms with Gasteiger partial charge in [-0.2, -0.15) is 0 Å². The summed E-state index contributed by atoms with van der Waals surface area (Å²) < 4.78 is 0. The van der Waals surface area contributed by atoms with E-state index in [4.69, 9.17) is 11.6 Å². The summed E-state index contributed by atoms with van der Waals surface area (Å²) >= 11 is 6.03. The second-order valence-electron chi connectivity index (χ2n) is 3.77. The van der Waals surface area contributed by atoms with Gasteiger partial charge in [0, 0.05) is 12.2 Å². The Hall–Kier alpha value is -1.93. The SMILES string of the molecule is Clc1ccccc1NC/C=C/Nc1ccccc1. The van der Waals surface area contributed by atoms with E-state index in [-0.39, 0.29) is 0 Å². The first-order valence-corrected chi connectivity index (χ1v) is 6.19. The van der Waals surface area contributed by atoms with Crippen LogP contribution in [0, 0.1) is 0 Å². The minimum Gasteiger partial charge on any atom is -0.380 e. The summed E-state index contributed by atoms with van der Waals surface area (Å²) in [6, 6.07) is 17.7. The predicted octanol–water partition coefficient (Wildman–Crippen LogP) is 4.38. The number of anilines is 2. The molecular weight excluding hydrogens is 244 g/mol. The van der Waals surface area contributed by atoms with Crippen LogP contribution in [-0.2, 0) is 0 Å². The van der Waals surface area contributed by atoms with Gasteiger partial charge in [-0.25, -0.2) is 0 Å². The lowest BCUT2D eigenvalue weighted by molar-refractivity contribution is 1.33. The van der Waals surface area contributed by atoms with Gasteiger partial charge in [-0.05, 0) is 36.5 Å². The Morgan fingerprint density at radius 2 is 1.67 bits per heavy atom. The number of hydrogen-bond donors (Lipinski definition) is 2. The van der Waals surface area contributed by atoms with Gasteiger partial charge in [0.25, 0.3) is 0 Å². The first-order chi connectivity index (χ1) is 8.86. The quantitative estimate of drug-likeness (QED) is 0.832. The Labute approximate surface area is 112 Å². The summed E-state index contributed by atoms with van der Waals surface area (Å²) in [6.45, 7) is 0.726. The van der Waals surface area contributed by atoms with E-state index in [2.05, 4.69) is 10.6 Å². The molecule has 0 saturated carbocycles. The zero-order chi connectivity index (χ0) is 12.6. The first kappa shape index (κ1) is 12.5. The Morgan fingerprint density at radius 1 is 0.944 bits per heavy atom. The normalized spacial score (nSPS) is 10.5. The van der Waals surface area contributed by atoms with E-state index in [1.165, 1.54) is 0 Å². The van der Waals surface area contributed by atoms with Gasteiger partial charge in [0.05, 0.1) is 10.7 Å². The third-order valence-corrected chi connectivity index (χ3v) is 2.76. The van der Waals surface area contributed by atoms with E-state index in [9.17, 15) is 0 Å². The molecular formula is C15H15ClN2. The minimum atomic E-state index is 0.726. The number of rotatable bonds is 5. The molecule has 0 aliphatic heterocycles. The molecule has 0 unspecified atom stereocenters. The predicted molar refractivity (Wildman–Crippen MR) is 79.1 cm³/mol. The third kappa shape index (κ3) is 3.82. The van der Waals surface area contributed by atoms with Gasteiger partial charge in [-0.3, -0.25) is 0 Å². The maximum absolute atomic E-state index is 6.03. The highest BCUT2D eigenvalue weighted by Gasteiger charge is 1.94. The lowest BCUT2D eigenvalue weighted by Gasteiger charge is -2.05. The van der Waals surface area contributed by atoms with Crippen molar-refractivity contribution >= 4 is 23.0 Å². The van der Waals surface area contributed by atoms with Crippen molar-refractivity contribution in [3.8, 4) is 0 Å². The Kier molecular flexibility index (Phi) is 4.68. The van der Waals surface area contributed by atoms with Gasteiger partial charge >= 0.3 is 0 Å². The third-order valence-electron chi connectivity index (χ3n) is 2.43. The molecule has 0 radical (unpaired) electrons. The fourth-order valence-corrected chi connectivity index (χ4v) is 1.72. The maximum atomic E-state index is 6.03. The van der Waals surface area contributed by atoms with E-state index in [1.807, 2.05) is 66.9 Å². The summed E-state index contributed by atoms with van der Waals surface area (Å²) in [7, 11) is 0. The molecule has 0 aromatic heterocycles. The zero-order valence-electron chi connectivity index (χ0n) is 9.94. The largest absolute Gasteiger partial charge is 0.380 e. The monoisotopic (exact) mass is 258 g/mol. The van der Waals surface area contributed by atoms with Crippen molar-refractivity contribution in [3.63, 3.8) is 0 Å². The van der Waals surface area contributed by atoms with Crippen molar-refractivity contribution in [2.45, 2.75) is 0 Å². The lowest BCUT2D eigenvalue weighted by Crippen LogP contribution is -1.99. The maximum Gasteiger partial charge on any atom is 0.0637 e. The molecule has 0 bridgehead atoms. The smallest absolute Gasteiger partial charge is 0.0637 e. The molecule has 0 heterocycles. The van der Waals surface area contributed by atoms with Gasteiger partial charge in [-0.1, -0.05) is 41.9 Å². The Morgan fingerprint density at radius 3 is 2.44 bits per heavy atom. The topological polar surface area (TPSA) is 24.1 Å². The van der Waals surface area contributed by atoms with Gasteiger partial charge in [0.1, 0.15) is 0 Å². The van der Waals surface area contributed by atoms with Crippen LogP contribution in [0.4, 0.5) is 11.4 Å². The lowest BCUT2D eigenvalue weighted by atomic mass is 10.3. The van der Waals surface area contributed by atoms with Crippen LogP contribution in [0.25, 0.3) is 0 Å². The number of halogens is 1. The highest BCUT2D eigenvalue weighted by Crippen LogP contribution is 2.19. The van der Waals surface area contributed by atoms with E-state index >= 15 is 0 Å². The van der Waals surface area contributed by atoms with Crippen molar-refractivity contribution in [2.24, 2.45) is 0 Å². The van der Waals surface area contributed by atoms with Crippen molar-refractivity contribution in [1.82, 2.24) is 0 Å². The van der Waals surface area contributed by atoms with Gasteiger partial charge in [0.15, 0.2) is 0 Å². The molecule has 0 amide bonds. The second-order valence-corrected chi connectivity index (χ2v) is 4.18. The molecule has 3 heteroatoms. The molecule has 2 aromatic carbocycles. The number of para-hydroxylation sites is 2. The molecule has 2 aromatic rings. The minimum absolute atomic E-state index is 0.726. The number of hydrogen-bond acceptors (Lipinski definition) is 2. The first-order valence-electron chi connectivity index (χ1n) is 5.81. The summed E-state index contributed by atoms with van der Waals surface area (Å²) in [5.74, 6) is 0. The van der Waals surface area contributed by atoms with Crippen molar-refractivity contribution in [1.29, 1.82) is 0 Å². The van der Waals surface area contributed by atoms with Crippen LogP contribution in [0.1, 0.15) is 0 Å². The summed E-state index contributed by atoms with van der Waals surface area (Å²) in [4.78, 5) is 0. The van der Waals surface area contributed by atoms with Crippen LogP contribution in [0.3, 0.4) is 0 Å². The van der Waals surface area contributed by atoms with Gasteiger partial charge in [-0.15, -0.1) is 0 Å². The number of benzene rings is 2. The Balaban J connectivity index is 1.77. The summed E-state index contributed by atoms with van der Waals surface area (Å²) in [6.07, 6.45) is 3.93. The van der Waals surface area contributed by atoms with Crippen LogP contribution in [0.15, 0.2) is 66.9 Å². The van der Waals surface area contributed by atoms with E-state index in [0.717, 1.165) is 22.9 Å². The molecule has 0 aliphatic rings. The van der Waals surface area contributed by atoms with Gasteiger partial charge < -0.3 is 10.6 Å². The van der Waals surface area contributed by atoms with E-state index in [0.29, 0.717) is 0 Å². The second kappa shape index (κ2) is 6.72. The average molecular weight is 259 g/mol. The van der Waals surface area contributed by atoms with Gasteiger partial charge in [0.2, 0.25) is 0 Å². The van der Waals surface area contributed by atoms with Crippen LogP contribution in [0.2, 0.25) is 5.02 Å². The zero-order valence-corrected chi connectivity index (χ0v) is 10.7. The van der Waals surface area contributed by atoms with E-state index in [1.54, 1.807) is 0 Å². The fourth-order valence-electron chi connectivity index (χ4n) is 1.52. The van der Waals surface area contributed by atoms with Crippen LogP contribution in [0.5, 0.6) is 0 Å². The highest BCUT2D eigenvalue weighted by molar-refractivity contribution is 6.33. The highest BCUT2D eigenvalue weighted by atomic mass is 35.5. The molecule has 0 aliphatic carbocycles. The summed E-state index contributed by atoms with van der Waals surface area (Å²) in [5, 5.41) is 7.17. The molecule has 2 rings (SSSR count). The van der Waals surface area contributed by atoms with Crippen molar-refractivity contribution < 1.29 is 0 Å². The standard InChI is InChI=1S/C15H15ClN2/c16-14-9-4-5-10-15(14)18-12-6-11-17-13-7-2-1-3-8-13/h1-11,17-18H,12H2/b11-6+. The van der Waals surface area contributed by atoms with Crippen molar-refractivity contribution in [2.75, 3.05) is 17.2 Å². The molecule has 92 valence electrons. The van der Waals surface area contributed by atoms with Crippen LogP contribution >= 0.6 is 11.6 Å². The van der Waals surface area contributed by atoms with E-state index < -0.39 is 0 Å². The Bertz CT molecular complexity index is 509. The summed E-state index contributed by atoms with van der Waals surface area (Å²) in [5.41, 5.74) is 2.02. The van der Waals surface area contributed by atoms with Crippen LogP contribution in [-0.4, -0.2) is 6.54 Å².